The molecule has 0 bridgehead atoms. The van der Waals surface area contributed by atoms with Crippen molar-refractivity contribution in [3.05, 3.63) is 29.6 Å². The van der Waals surface area contributed by atoms with Gasteiger partial charge in [-0.25, -0.2) is 4.39 Å². The van der Waals surface area contributed by atoms with Gasteiger partial charge in [0.15, 0.2) is 0 Å². The van der Waals surface area contributed by atoms with Crippen molar-refractivity contribution >= 4 is 13.3 Å². The standard InChI is InChI=1S/C7H7BFN/c8-6-1-5(4-10)2-7(9)3-6/h1-3H,4,10H2. The van der Waals surface area contributed by atoms with Gasteiger partial charge >= 0.3 is 0 Å². The molecule has 0 aromatic heterocycles. The lowest BCUT2D eigenvalue weighted by atomic mass is 9.94. The predicted octanol–water partition coefficient (Wildman–Crippen LogP) is 0.0782. The zero-order valence-corrected chi connectivity index (χ0v) is 5.47. The summed E-state index contributed by atoms with van der Waals surface area (Å²) in [5.41, 5.74) is 6.40. The lowest BCUT2D eigenvalue weighted by Gasteiger charge is -1.98. The van der Waals surface area contributed by atoms with E-state index in [9.17, 15) is 4.39 Å². The first-order valence-corrected chi connectivity index (χ1v) is 2.97. The van der Waals surface area contributed by atoms with Crippen LogP contribution in [0, 0.1) is 5.82 Å². The van der Waals surface area contributed by atoms with Crippen molar-refractivity contribution in [3.8, 4) is 0 Å². The number of rotatable bonds is 1. The number of nitrogens with two attached hydrogens (primary N) is 1. The fraction of sp³-hybridized carbons (Fsp3) is 0.143. The molecule has 0 heterocycles. The van der Waals surface area contributed by atoms with Crippen molar-refractivity contribution < 1.29 is 4.39 Å². The molecule has 0 spiro atoms. The Balaban J connectivity index is 3.06. The minimum absolute atomic E-state index is 0.321. The summed E-state index contributed by atoms with van der Waals surface area (Å²) in [6.45, 7) is 0.321. The van der Waals surface area contributed by atoms with Crippen LogP contribution in [0.5, 0.6) is 0 Å². The maximum Gasteiger partial charge on any atom is 0.122 e. The molecule has 1 rings (SSSR count). The first-order chi connectivity index (χ1) is 4.72. The summed E-state index contributed by atoms with van der Waals surface area (Å²) in [7, 11) is 5.34. The summed E-state index contributed by atoms with van der Waals surface area (Å²) in [5.74, 6) is -0.333. The molecule has 50 valence electrons. The second-order valence-corrected chi connectivity index (χ2v) is 2.10. The Bertz CT molecular complexity index is 217. The Labute approximate surface area is 60.5 Å². The highest BCUT2D eigenvalue weighted by Gasteiger charge is 1.93. The van der Waals surface area contributed by atoms with E-state index >= 15 is 0 Å². The SMILES string of the molecule is [B]c1cc(F)cc(CN)c1. The van der Waals surface area contributed by atoms with Gasteiger partial charge in [-0.05, 0) is 17.7 Å². The Morgan fingerprint density at radius 1 is 1.40 bits per heavy atom. The molecule has 10 heavy (non-hydrogen) atoms. The summed E-state index contributed by atoms with van der Waals surface area (Å²) in [6.07, 6.45) is 0. The van der Waals surface area contributed by atoms with Crippen molar-refractivity contribution in [2.75, 3.05) is 0 Å². The average Bonchev–Trinajstić information content (AvgIpc) is 1.85. The third kappa shape index (κ3) is 1.58. The van der Waals surface area contributed by atoms with E-state index in [-0.39, 0.29) is 5.82 Å². The van der Waals surface area contributed by atoms with E-state index in [1.165, 1.54) is 12.1 Å². The van der Waals surface area contributed by atoms with Crippen LogP contribution < -0.4 is 11.2 Å². The number of benzene rings is 1. The van der Waals surface area contributed by atoms with Gasteiger partial charge in [0, 0.05) is 6.54 Å². The lowest BCUT2D eigenvalue weighted by Crippen LogP contribution is -2.07. The molecule has 2 radical (unpaired) electrons. The lowest BCUT2D eigenvalue weighted by molar-refractivity contribution is 0.626. The van der Waals surface area contributed by atoms with Gasteiger partial charge in [0.25, 0.3) is 0 Å². The molecule has 1 aromatic rings. The van der Waals surface area contributed by atoms with Crippen molar-refractivity contribution in [1.29, 1.82) is 0 Å². The summed E-state index contributed by atoms with van der Waals surface area (Å²) in [5, 5.41) is 0. The van der Waals surface area contributed by atoms with E-state index in [1.807, 2.05) is 0 Å². The van der Waals surface area contributed by atoms with Gasteiger partial charge in [0.1, 0.15) is 13.7 Å². The largest absolute Gasteiger partial charge is 0.326 e. The van der Waals surface area contributed by atoms with E-state index in [4.69, 9.17) is 13.6 Å². The molecule has 0 saturated carbocycles. The van der Waals surface area contributed by atoms with E-state index in [1.54, 1.807) is 6.07 Å². The zero-order chi connectivity index (χ0) is 7.56. The van der Waals surface area contributed by atoms with Gasteiger partial charge in [-0.3, -0.25) is 0 Å². The quantitative estimate of drug-likeness (QED) is 0.542. The minimum atomic E-state index is -0.333. The number of halogens is 1. The van der Waals surface area contributed by atoms with Crippen molar-refractivity contribution in [1.82, 2.24) is 0 Å². The van der Waals surface area contributed by atoms with Crippen LogP contribution in [0.1, 0.15) is 5.56 Å². The van der Waals surface area contributed by atoms with Crippen molar-refractivity contribution in [2.24, 2.45) is 5.73 Å². The monoisotopic (exact) mass is 135 g/mol. The first kappa shape index (κ1) is 7.28. The first-order valence-electron chi connectivity index (χ1n) is 2.97. The fourth-order valence-electron chi connectivity index (χ4n) is 0.793. The molecule has 0 aliphatic rings. The van der Waals surface area contributed by atoms with Crippen LogP contribution in [0.15, 0.2) is 18.2 Å². The predicted molar refractivity (Wildman–Crippen MR) is 39.7 cm³/mol. The molecule has 2 N–H and O–H groups in total. The van der Waals surface area contributed by atoms with Crippen LogP contribution in [0.25, 0.3) is 0 Å². The van der Waals surface area contributed by atoms with Gasteiger partial charge in [0.2, 0.25) is 0 Å². The fourth-order valence-corrected chi connectivity index (χ4v) is 0.793. The maximum atomic E-state index is 12.5. The van der Waals surface area contributed by atoms with Crippen LogP contribution in [-0.4, -0.2) is 7.85 Å². The highest BCUT2D eigenvalue weighted by Crippen LogP contribution is 1.98. The number of hydrogen-bond donors (Lipinski definition) is 1. The smallest absolute Gasteiger partial charge is 0.122 e. The second kappa shape index (κ2) is 2.84. The van der Waals surface area contributed by atoms with Gasteiger partial charge in [-0.2, -0.15) is 0 Å². The molecule has 0 aliphatic carbocycles. The molecule has 3 heteroatoms. The van der Waals surface area contributed by atoms with Crippen LogP contribution in [0.4, 0.5) is 4.39 Å². The van der Waals surface area contributed by atoms with Crippen molar-refractivity contribution in [2.45, 2.75) is 6.54 Å². The molecule has 0 aliphatic heterocycles. The molecule has 0 saturated heterocycles. The second-order valence-electron chi connectivity index (χ2n) is 2.10. The molecular formula is C7H7BFN. The van der Waals surface area contributed by atoms with Crippen molar-refractivity contribution in [3.63, 3.8) is 0 Å². The molecule has 1 aromatic carbocycles. The minimum Gasteiger partial charge on any atom is -0.326 e. The van der Waals surface area contributed by atoms with Gasteiger partial charge in [-0.1, -0.05) is 11.5 Å². The molecule has 0 atom stereocenters. The summed E-state index contributed by atoms with van der Waals surface area (Å²) >= 11 is 0. The third-order valence-electron chi connectivity index (χ3n) is 1.22. The summed E-state index contributed by atoms with van der Waals surface area (Å²) in [4.78, 5) is 0. The van der Waals surface area contributed by atoms with Gasteiger partial charge in [-0.15, -0.1) is 0 Å². The molecule has 1 nitrogen and oxygen atoms in total. The third-order valence-corrected chi connectivity index (χ3v) is 1.22. The van der Waals surface area contributed by atoms with Crippen LogP contribution >= 0.6 is 0 Å². The molecular weight excluding hydrogens is 128 g/mol. The molecule has 0 fully saturated rings. The normalized spacial score (nSPS) is 9.80. The van der Waals surface area contributed by atoms with E-state index < -0.39 is 0 Å². The van der Waals surface area contributed by atoms with Crippen LogP contribution in [0.2, 0.25) is 0 Å². The Morgan fingerprint density at radius 2 is 2.10 bits per heavy atom. The van der Waals surface area contributed by atoms with Gasteiger partial charge in [0.05, 0.1) is 0 Å². The Hall–Kier alpha value is -0.825. The van der Waals surface area contributed by atoms with E-state index in [0.717, 1.165) is 5.56 Å². The van der Waals surface area contributed by atoms with Crippen LogP contribution in [-0.2, 0) is 6.54 Å². The summed E-state index contributed by atoms with van der Waals surface area (Å²) < 4.78 is 12.5. The Morgan fingerprint density at radius 3 is 2.60 bits per heavy atom. The van der Waals surface area contributed by atoms with E-state index in [2.05, 4.69) is 0 Å². The highest BCUT2D eigenvalue weighted by atomic mass is 19.1. The topological polar surface area (TPSA) is 26.0 Å². The van der Waals surface area contributed by atoms with Crippen LogP contribution in [0.3, 0.4) is 0 Å². The molecule has 0 unspecified atom stereocenters. The number of hydrogen-bond acceptors (Lipinski definition) is 1. The summed E-state index contributed by atoms with van der Waals surface area (Å²) in [6, 6.07) is 4.29. The zero-order valence-electron chi connectivity index (χ0n) is 5.47. The molecule has 0 amide bonds. The average molecular weight is 135 g/mol. The van der Waals surface area contributed by atoms with Gasteiger partial charge < -0.3 is 5.73 Å². The maximum absolute atomic E-state index is 12.5. The Kier molecular flexibility index (Phi) is 2.07. The van der Waals surface area contributed by atoms with E-state index in [0.29, 0.717) is 12.0 Å². The highest BCUT2D eigenvalue weighted by molar-refractivity contribution is 6.32.